The van der Waals surface area contributed by atoms with Crippen LogP contribution in [0.25, 0.3) is 11.3 Å². The Bertz CT molecular complexity index is 1210. The molecular weight excluding hydrogens is 435 g/mol. The molecule has 1 amide bonds. The number of benzene rings is 1. The van der Waals surface area contributed by atoms with Crippen LogP contribution in [0.3, 0.4) is 0 Å². The number of hydrogen-bond donors (Lipinski definition) is 3. The highest BCUT2D eigenvalue weighted by atomic mass is 19.1. The number of nitrogens with one attached hydrogen (secondary N) is 1. The molecular formula is C24H29FN8O. The van der Waals surface area contributed by atoms with Gasteiger partial charge in [-0.3, -0.25) is 4.79 Å². The second-order valence-corrected chi connectivity index (χ2v) is 9.09. The number of nitrogens with two attached hydrogens (primary N) is 2. The first-order valence-corrected chi connectivity index (χ1v) is 11.6. The molecule has 0 saturated carbocycles. The van der Waals surface area contributed by atoms with Crippen LogP contribution in [0.15, 0.2) is 30.7 Å². The first kappa shape index (κ1) is 22.3. The minimum Gasteiger partial charge on any atom is -0.383 e. The first-order valence-electron chi connectivity index (χ1n) is 11.6. The summed E-state index contributed by atoms with van der Waals surface area (Å²) in [5.41, 5.74) is 14.0. The Balaban J connectivity index is 1.42. The molecule has 2 aromatic heterocycles. The average Bonchev–Trinajstić information content (AvgIpc) is 3.51. The number of piperidine rings is 1. The Morgan fingerprint density at radius 3 is 2.68 bits per heavy atom. The van der Waals surface area contributed by atoms with Crippen LogP contribution in [0, 0.1) is 12.7 Å². The number of rotatable bonds is 5. The lowest BCUT2D eigenvalue weighted by Gasteiger charge is -2.34. The Hall–Kier alpha value is -3.53. The van der Waals surface area contributed by atoms with Gasteiger partial charge in [-0.2, -0.15) is 0 Å². The molecule has 34 heavy (non-hydrogen) atoms. The van der Waals surface area contributed by atoms with Gasteiger partial charge in [-0.1, -0.05) is 0 Å². The topological polar surface area (TPSA) is 128 Å². The van der Waals surface area contributed by atoms with E-state index in [0.29, 0.717) is 30.5 Å². The highest BCUT2D eigenvalue weighted by molar-refractivity contribution is 6.01. The molecule has 2 fully saturated rings. The van der Waals surface area contributed by atoms with E-state index < -0.39 is 5.91 Å². The minimum absolute atomic E-state index is 0.100. The van der Waals surface area contributed by atoms with Gasteiger partial charge in [-0.25, -0.2) is 19.3 Å². The lowest BCUT2D eigenvalue weighted by Crippen LogP contribution is -2.36. The van der Waals surface area contributed by atoms with Crippen LogP contribution in [0.5, 0.6) is 0 Å². The van der Waals surface area contributed by atoms with E-state index in [0.717, 1.165) is 49.4 Å². The molecule has 10 heteroatoms. The van der Waals surface area contributed by atoms with Crippen molar-refractivity contribution in [1.82, 2.24) is 24.8 Å². The largest absolute Gasteiger partial charge is 0.383 e. The van der Waals surface area contributed by atoms with E-state index in [-0.39, 0.29) is 23.1 Å². The Kier molecular flexibility index (Phi) is 5.91. The number of carbonyl (C=O) groups excluding carboxylic acids is 1. The second-order valence-electron chi connectivity index (χ2n) is 9.09. The normalized spacial score (nSPS) is 19.0. The third-order valence-electron chi connectivity index (χ3n) is 6.90. The number of aryl methyl sites for hydroxylation is 1. The molecule has 3 aromatic rings. The number of hydrogen-bond acceptors (Lipinski definition) is 7. The second kappa shape index (κ2) is 9.02. The fraction of sp³-hybridized carbons (Fsp3) is 0.417. The Morgan fingerprint density at radius 2 is 2.00 bits per heavy atom. The number of aromatic nitrogens is 4. The van der Waals surface area contributed by atoms with Crippen molar-refractivity contribution < 1.29 is 9.18 Å². The number of primary amides is 1. The predicted molar refractivity (Wildman–Crippen MR) is 128 cm³/mol. The van der Waals surface area contributed by atoms with E-state index in [9.17, 15) is 9.18 Å². The van der Waals surface area contributed by atoms with Gasteiger partial charge in [0.1, 0.15) is 35.2 Å². The van der Waals surface area contributed by atoms with Crippen molar-refractivity contribution in [2.45, 2.75) is 38.1 Å². The fourth-order valence-electron chi connectivity index (χ4n) is 5.04. The number of amides is 1. The molecule has 2 saturated heterocycles. The maximum Gasteiger partial charge on any atom is 0.256 e. The van der Waals surface area contributed by atoms with Crippen molar-refractivity contribution in [3.8, 4) is 11.3 Å². The van der Waals surface area contributed by atoms with Gasteiger partial charge in [0.2, 0.25) is 0 Å². The highest BCUT2D eigenvalue weighted by Crippen LogP contribution is 2.35. The number of halogens is 1. The summed E-state index contributed by atoms with van der Waals surface area (Å²) in [6, 6.07) is 5.49. The fourth-order valence-corrected chi connectivity index (χ4v) is 5.04. The summed E-state index contributed by atoms with van der Waals surface area (Å²) in [5, 5.41) is 3.44. The van der Waals surface area contributed by atoms with Gasteiger partial charge in [0.25, 0.3) is 5.91 Å². The molecule has 5 N–H and O–H groups in total. The van der Waals surface area contributed by atoms with E-state index in [1.807, 2.05) is 11.0 Å². The number of nitrogen functional groups attached to an aromatic ring is 1. The average molecular weight is 465 g/mol. The SMILES string of the molecule is Cc1cc(-c2cn(C3CCNC3)c(C3CCN(c4ncnc(N)c4C(N)=O)CC3)n2)ccc1F. The zero-order chi connectivity index (χ0) is 23.8. The van der Waals surface area contributed by atoms with Crippen molar-refractivity contribution in [3.05, 3.63) is 53.5 Å². The van der Waals surface area contributed by atoms with Gasteiger partial charge in [0.15, 0.2) is 0 Å². The van der Waals surface area contributed by atoms with Gasteiger partial charge in [0.05, 0.1) is 5.69 Å². The molecule has 0 spiro atoms. The van der Waals surface area contributed by atoms with Gasteiger partial charge >= 0.3 is 0 Å². The van der Waals surface area contributed by atoms with Gasteiger partial charge in [-0.05, 0) is 56.5 Å². The molecule has 1 atom stereocenters. The first-order chi connectivity index (χ1) is 16.4. The van der Waals surface area contributed by atoms with Crippen molar-refractivity contribution in [2.75, 3.05) is 36.8 Å². The van der Waals surface area contributed by atoms with Crippen LogP contribution >= 0.6 is 0 Å². The van der Waals surface area contributed by atoms with E-state index >= 15 is 0 Å². The molecule has 2 aliphatic heterocycles. The standard InChI is InChI=1S/C24H29FN8O/c1-14-10-16(2-3-18(14)25)19-12-33(17-4-7-28-11-17)23(31-19)15-5-8-32(9-6-15)24-20(22(27)34)21(26)29-13-30-24/h2-3,10,12-13,15,17,28H,4-9,11H2,1H3,(H2,27,34)(H2,26,29,30). The smallest absolute Gasteiger partial charge is 0.256 e. The zero-order valence-electron chi connectivity index (χ0n) is 19.2. The molecule has 5 rings (SSSR count). The number of carbonyl (C=O) groups is 1. The quantitative estimate of drug-likeness (QED) is 0.529. The number of imidazole rings is 1. The van der Waals surface area contributed by atoms with E-state index in [1.165, 1.54) is 12.4 Å². The third kappa shape index (κ3) is 4.09. The Labute approximate surface area is 197 Å². The predicted octanol–water partition coefficient (Wildman–Crippen LogP) is 2.39. The summed E-state index contributed by atoms with van der Waals surface area (Å²) in [7, 11) is 0. The van der Waals surface area contributed by atoms with Crippen molar-refractivity contribution in [2.24, 2.45) is 5.73 Å². The summed E-state index contributed by atoms with van der Waals surface area (Å²) >= 11 is 0. The van der Waals surface area contributed by atoms with E-state index in [4.69, 9.17) is 16.5 Å². The maximum absolute atomic E-state index is 13.8. The van der Waals surface area contributed by atoms with Crippen molar-refractivity contribution >= 4 is 17.5 Å². The van der Waals surface area contributed by atoms with Crippen molar-refractivity contribution in [3.63, 3.8) is 0 Å². The van der Waals surface area contributed by atoms with Crippen LogP contribution in [0.2, 0.25) is 0 Å². The third-order valence-corrected chi connectivity index (χ3v) is 6.90. The molecule has 0 aliphatic carbocycles. The van der Waals surface area contributed by atoms with Crippen LogP contribution in [0.4, 0.5) is 16.0 Å². The molecule has 0 radical (unpaired) electrons. The lowest BCUT2D eigenvalue weighted by atomic mass is 9.95. The molecule has 178 valence electrons. The van der Waals surface area contributed by atoms with E-state index in [1.54, 1.807) is 13.0 Å². The monoisotopic (exact) mass is 464 g/mol. The van der Waals surface area contributed by atoms with Crippen LogP contribution in [-0.4, -0.2) is 51.6 Å². The number of nitrogens with zero attached hydrogens (tertiary/aromatic N) is 5. The van der Waals surface area contributed by atoms with Crippen molar-refractivity contribution in [1.29, 1.82) is 0 Å². The van der Waals surface area contributed by atoms with Crippen LogP contribution < -0.4 is 21.7 Å². The molecule has 1 unspecified atom stereocenters. The summed E-state index contributed by atoms with van der Waals surface area (Å²) in [6.07, 6.45) is 6.22. The van der Waals surface area contributed by atoms with Crippen LogP contribution in [0.1, 0.15) is 53.0 Å². The summed E-state index contributed by atoms with van der Waals surface area (Å²) in [5.74, 6) is 1.06. The highest BCUT2D eigenvalue weighted by Gasteiger charge is 2.30. The minimum atomic E-state index is -0.626. The molecule has 2 aliphatic rings. The van der Waals surface area contributed by atoms with Crippen LogP contribution in [-0.2, 0) is 0 Å². The molecule has 9 nitrogen and oxygen atoms in total. The molecule has 4 heterocycles. The maximum atomic E-state index is 13.8. The summed E-state index contributed by atoms with van der Waals surface area (Å²) in [4.78, 5) is 27.2. The summed E-state index contributed by atoms with van der Waals surface area (Å²) < 4.78 is 16.1. The van der Waals surface area contributed by atoms with Gasteiger partial charge < -0.3 is 26.3 Å². The summed E-state index contributed by atoms with van der Waals surface area (Å²) in [6.45, 7) is 5.06. The number of anilines is 2. The van der Waals surface area contributed by atoms with E-state index in [2.05, 4.69) is 26.0 Å². The molecule has 0 bridgehead atoms. The Morgan fingerprint density at radius 1 is 1.21 bits per heavy atom. The zero-order valence-corrected chi connectivity index (χ0v) is 19.2. The molecule has 1 aromatic carbocycles. The lowest BCUT2D eigenvalue weighted by molar-refractivity contribution is 0.100. The van der Waals surface area contributed by atoms with Gasteiger partial charge in [0, 0.05) is 43.4 Å². The van der Waals surface area contributed by atoms with Gasteiger partial charge in [-0.15, -0.1) is 0 Å².